The Kier molecular flexibility index (Phi) is 3.91. The maximum atomic E-state index is 11.1. The van der Waals surface area contributed by atoms with E-state index in [1.807, 2.05) is 18.2 Å². The second-order valence-corrected chi connectivity index (χ2v) is 5.38. The zero-order valence-electron chi connectivity index (χ0n) is 13.4. The summed E-state index contributed by atoms with van der Waals surface area (Å²) in [6.45, 7) is 0. The van der Waals surface area contributed by atoms with Gasteiger partial charge in [-0.2, -0.15) is 0 Å². The molecule has 0 aliphatic carbocycles. The van der Waals surface area contributed by atoms with Crippen LogP contribution in [0.25, 0.3) is 28.5 Å². The molecule has 4 heterocycles. The first kappa shape index (κ1) is 15.6. The minimum Gasteiger partial charge on any atom is -0.476 e. The quantitative estimate of drug-likeness (QED) is 0.606. The van der Waals surface area contributed by atoms with Crippen LogP contribution in [0.2, 0.25) is 0 Å². The van der Waals surface area contributed by atoms with Crippen LogP contribution in [0.3, 0.4) is 0 Å². The molecule has 0 atom stereocenters. The highest BCUT2D eigenvalue weighted by molar-refractivity contribution is 5.85. The van der Waals surface area contributed by atoms with E-state index in [2.05, 4.69) is 24.9 Å². The fraction of sp³-hybridized carbons (Fsp3) is 0. The minimum atomic E-state index is -1.10. The van der Waals surface area contributed by atoms with Gasteiger partial charge in [-0.1, -0.05) is 0 Å². The third kappa shape index (κ3) is 3.03. The maximum Gasteiger partial charge on any atom is 0.356 e. The van der Waals surface area contributed by atoms with Gasteiger partial charge in [-0.25, -0.2) is 19.7 Å². The maximum absolute atomic E-state index is 11.1. The summed E-state index contributed by atoms with van der Waals surface area (Å²) in [4.78, 5) is 32.3. The van der Waals surface area contributed by atoms with Crippen LogP contribution in [-0.4, -0.2) is 40.6 Å². The van der Waals surface area contributed by atoms with Gasteiger partial charge in [0.1, 0.15) is 12.1 Å². The molecule has 0 amide bonds. The average Bonchev–Trinajstić information content (AvgIpc) is 3.20. The predicted octanol–water partition coefficient (Wildman–Crippen LogP) is 2.48. The van der Waals surface area contributed by atoms with Gasteiger partial charge >= 0.3 is 5.97 Å². The Morgan fingerprint density at radius 2 is 1.85 bits per heavy atom. The molecule has 8 heteroatoms. The van der Waals surface area contributed by atoms with Crippen molar-refractivity contribution in [2.75, 3.05) is 0 Å². The Hall–Kier alpha value is -3.94. The fourth-order valence-electron chi connectivity index (χ4n) is 2.42. The number of hydrogen-bond acceptors (Lipinski definition) is 6. The van der Waals surface area contributed by atoms with Crippen LogP contribution < -0.4 is 0 Å². The lowest BCUT2D eigenvalue weighted by Gasteiger charge is -2.08. The van der Waals surface area contributed by atoms with E-state index in [0.29, 0.717) is 17.3 Å². The van der Waals surface area contributed by atoms with Crippen molar-refractivity contribution in [3.63, 3.8) is 0 Å². The van der Waals surface area contributed by atoms with Crippen LogP contribution in [0.1, 0.15) is 10.5 Å². The Labute approximate surface area is 147 Å². The lowest BCUT2D eigenvalue weighted by atomic mass is 10.1. The largest absolute Gasteiger partial charge is 0.476 e. The number of carboxylic acid groups (broad SMARTS) is 1. The van der Waals surface area contributed by atoms with Crippen LogP contribution >= 0.6 is 0 Å². The van der Waals surface area contributed by atoms with Gasteiger partial charge < -0.3 is 5.11 Å². The molecule has 0 bridgehead atoms. The zero-order valence-corrected chi connectivity index (χ0v) is 13.4. The summed E-state index contributed by atoms with van der Waals surface area (Å²) in [7, 11) is 0. The number of hydrogen-bond donors (Lipinski definition) is 1. The molecule has 0 fully saturated rings. The number of pyridine rings is 2. The molecule has 0 aromatic carbocycles. The molecule has 0 unspecified atom stereocenters. The second kappa shape index (κ2) is 6.52. The molecule has 4 rings (SSSR count). The zero-order chi connectivity index (χ0) is 17.9. The van der Waals surface area contributed by atoms with E-state index >= 15 is 0 Å². The summed E-state index contributed by atoms with van der Waals surface area (Å²) < 4.78 is 1.55. The monoisotopic (exact) mass is 344 g/mol. The molecule has 8 nitrogen and oxygen atoms in total. The van der Waals surface area contributed by atoms with Gasteiger partial charge in [0.2, 0.25) is 0 Å². The van der Waals surface area contributed by atoms with Crippen LogP contribution in [0.4, 0.5) is 0 Å². The first-order chi connectivity index (χ1) is 12.7. The molecule has 4 aromatic rings. The van der Waals surface area contributed by atoms with Crippen molar-refractivity contribution in [1.82, 2.24) is 29.5 Å². The molecule has 1 N–H and O–H groups in total. The van der Waals surface area contributed by atoms with Gasteiger partial charge in [0, 0.05) is 48.2 Å². The molecule has 126 valence electrons. The molecule has 26 heavy (non-hydrogen) atoms. The van der Waals surface area contributed by atoms with Gasteiger partial charge in [-0.05, 0) is 24.3 Å². The number of aromatic nitrogens is 6. The topological polar surface area (TPSA) is 107 Å². The third-order valence-electron chi connectivity index (χ3n) is 3.67. The van der Waals surface area contributed by atoms with Crippen molar-refractivity contribution in [3.05, 3.63) is 73.3 Å². The predicted molar refractivity (Wildman–Crippen MR) is 92.6 cm³/mol. The summed E-state index contributed by atoms with van der Waals surface area (Å²) in [5.41, 5.74) is 2.24. The average molecular weight is 344 g/mol. The summed E-state index contributed by atoms with van der Waals surface area (Å²) in [5, 5.41) is 9.09. The number of carbonyl (C=O) groups is 1. The van der Waals surface area contributed by atoms with Crippen molar-refractivity contribution >= 4 is 5.97 Å². The lowest BCUT2D eigenvalue weighted by molar-refractivity contribution is 0.0691. The van der Waals surface area contributed by atoms with E-state index < -0.39 is 5.97 Å². The molecule has 0 radical (unpaired) electrons. The third-order valence-corrected chi connectivity index (χ3v) is 3.67. The first-order valence-electron chi connectivity index (χ1n) is 7.68. The van der Waals surface area contributed by atoms with Crippen molar-refractivity contribution in [1.29, 1.82) is 0 Å². The standard InChI is InChI=1S/C18H12N6O2/c25-18(26)15-10-24(11-21-15)16-8-14(12-3-6-19-7-4-12)22-17(23-16)13-2-1-5-20-9-13/h1-11H,(H,25,26). The number of carboxylic acids is 1. The van der Waals surface area contributed by atoms with Crippen LogP contribution in [0.5, 0.6) is 0 Å². The van der Waals surface area contributed by atoms with Gasteiger partial charge in [0.15, 0.2) is 11.5 Å². The highest BCUT2D eigenvalue weighted by Crippen LogP contribution is 2.23. The fourth-order valence-corrected chi connectivity index (χ4v) is 2.42. The number of imidazole rings is 1. The van der Waals surface area contributed by atoms with E-state index in [0.717, 1.165) is 11.1 Å². The van der Waals surface area contributed by atoms with Crippen molar-refractivity contribution < 1.29 is 9.90 Å². The normalized spacial score (nSPS) is 10.6. The SMILES string of the molecule is O=C(O)c1cn(-c2cc(-c3ccncc3)nc(-c3cccnc3)n2)cn1. The number of aromatic carboxylic acids is 1. The van der Waals surface area contributed by atoms with Crippen molar-refractivity contribution in [3.8, 4) is 28.5 Å². The van der Waals surface area contributed by atoms with E-state index in [1.165, 1.54) is 12.5 Å². The number of nitrogens with zero attached hydrogens (tertiary/aromatic N) is 6. The smallest absolute Gasteiger partial charge is 0.356 e. The molecule has 0 saturated carbocycles. The Balaban J connectivity index is 1.89. The van der Waals surface area contributed by atoms with Crippen LogP contribution in [-0.2, 0) is 0 Å². The second-order valence-electron chi connectivity index (χ2n) is 5.38. The highest BCUT2D eigenvalue weighted by Gasteiger charge is 2.13. The number of rotatable bonds is 4. The molecule has 4 aromatic heterocycles. The minimum absolute atomic E-state index is 0.0583. The first-order valence-corrected chi connectivity index (χ1v) is 7.68. The van der Waals surface area contributed by atoms with E-state index in [4.69, 9.17) is 5.11 Å². The Bertz CT molecular complexity index is 1010. The van der Waals surface area contributed by atoms with E-state index in [9.17, 15) is 4.79 Å². The van der Waals surface area contributed by atoms with Crippen molar-refractivity contribution in [2.24, 2.45) is 0 Å². The highest BCUT2D eigenvalue weighted by atomic mass is 16.4. The van der Waals surface area contributed by atoms with E-state index in [-0.39, 0.29) is 5.69 Å². The summed E-state index contributed by atoms with van der Waals surface area (Å²) >= 11 is 0. The van der Waals surface area contributed by atoms with Crippen LogP contribution in [0.15, 0.2) is 67.6 Å². The van der Waals surface area contributed by atoms with Gasteiger partial charge in [0.25, 0.3) is 0 Å². The van der Waals surface area contributed by atoms with Crippen molar-refractivity contribution in [2.45, 2.75) is 0 Å². The molecular formula is C18H12N6O2. The summed E-state index contributed by atoms with van der Waals surface area (Å²) in [6, 6.07) is 9.12. The van der Waals surface area contributed by atoms with Gasteiger partial charge in [0.05, 0.1) is 5.69 Å². The summed E-state index contributed by atoms with van der Waals surface area (Å²) in [5.74, 6) is -0.113. The molecule has 0 aliphatic heterocycles. The molecular weight excluding hydrogens is 332 g/mol. The van der Waals surface area contributed by atoms with Crippen LogP contribution in [0, 0.1) is 0 Å². The Morgan fingerprint density at radius 1 is 1.00 bits per heavy atom. The molecule has 0 spiro atoms. The van der Waals surface area contributed by atoms with E-state index in [1.54, 1.807) is 41.5 Å². The molecule has 0 aliphatic rings. The van der Waals surface area contributed by atoms with Gasteiger partial charge in [-0.3, -0.25) is 14.5 Å². The molecule has 0 saturated heterocycles. The Morgan fingerprint density at radius 3 is 2.54 bits per heavy atom. The van der Waals surface area contributed by atoms with Gasteiger partial charge in [-0.15, -0.1) is 0 Å². The lowest BCUT2D eigenvalue weighted by Crippen LogP contribution is -2.01. The summed E-state index contributed by atoms with van der Waals surface area (Å²) in [6.07, 6.45) is 9.53.